The molecule has 0 aromatic carbocycles. The molecule has 28 heavy (non-hydrogen) atoms. The fourth-order valence-corrected chi connectivity index (χ4v) is 6.57. The van der Waals surface area contributed by atoms with Crippen LogP contribution in [0.1, 0.15) is 42.7 Å². The number of sulfone groups is 1. The van der Waals surface area contributed by atoms with Crippen LogP contribution < -0.4 is 0 Å². The highest BCUT2D eigenvalue weighted by Crippen LogP contribution is 2.27. The Morgan fingerprint density at radius 1 is 1.29 bits per heavy atom. The van der Waals surface area contributed by atoms with Crippen molar-refractivity contribution >= 4 is 21.2 Å². The molecule has 0 atom stereocenters. The number of nitrogens with zero attached hydrogens (tertiary/aromatic N) is 3. The number of imidazole rings is 1. The van der Waals surface area contributed by atoms with E-state index in [2.05, 4.69) is 21.3 Å². The lowest BCUT2D eigenvalue weighted by molar-refractivity contribution is 0.182. The first-order valence-electron chi connectivity index (χ1n) is 9.96. The maximum absolute atomic E-state index is 13.1. The Labute approximate surface area is 172 Å². The first kappa shape index (κ1) is 21.5. The van der Waals surface area contributed by atoms with E-state index in [1.165, 1.54) is 11.3 Å². The molecule has 0 N–H and O–H groups in total. The van der Waals surface area contributed by atoms with Gasteiger partial charge in [0.05, 0.1) is 24.3 Å². The van der Waals surface area contributed by atoms with Crippen molar-refractivity contribution in [3.8, 4) is 0 Å². The molecular weight excluding hydrogens is 394 g/mol. The number of ether oxygens (including phenoxy) is 1. The molecule has 1 fully saturated rings. The van der Waals surface area contributed by atoms with Gasteiger partial charge in [0.1, 0.15) is 0 Å². The third-order valence-electron chi connectivity index (χ3n) is 5.32. The lowest BCUT2D eigenvalue weighted by Crippen LogP contribution is -2.24. The maximum Gasteiger partial charge on any atom is 0.227 e. The van der Waals surface area contributed by atoms with E-state index >= 15 is 0 Å². The SMILES string of the molecule is COCCn1c(CN(C)Cc2cccs2)cnc1S(=O)(=O)CC1CCCCC1. The van der Waals surface area contributed by atoms with Crippen LogP contribution in [-0.2, 0) is 34.2 Å². The van der Waals surface area contributed by atoms with Crippen molar-refractivity contribution in [3.05, 3.63) is 34.3 Å². The van der Waals surface area contributed by atoms with Gasteiger partial charge in [-0.1, -0.05) is 25.3 Å². The summed E-state index contributed by atoms with van der Waals surface area (Å²) in [5, 5.41) is 2.27. The van der Waals surface area contributed by atoms with Crippen molar-refractivity contribution in [2.75, 3.05) is 26.5 Å². The van der Waals surface area contributed by atoms with Crippen LogP contribution in [0.4, 0.5) is 0 Å². The second-order valence-corrected chi connectivity index (χ2v) is 10.7. The van der Waals surface area contributed by atoms with Crippen LogP contribution >= 0.6 is 11.3 Å². The smallest absolute Gasteiger partial charge is 0.227 e. The van der Waals surface area contributed by atoms with Gasteiger partial charge in [-0.2, -0.15) is 0 Å². The van der Waals surface area contributed by atoms with Crippen LogP contribution in [0.15, 0.2) is 28.9 Å². The van der Waals surface area contributed by atoms with Crippen molar-refractivity contribution < 1.29 is 13.2 Å². The standard InChI is InChI=1S/C20H31N3O3S2/c1-22(15-19-9-6-12-27-19)14-18-13-21-20(23(18)10-11-26-2)28(24,25)16-17-7-4-3-5-8-17/h6,9,12-13,17H,3-5,7-8,10-11,14-16H2,1-2H3. The van der Waals surface area contributed by atoms with Crippen LogP contribution in [-0.4, -0.2) is 49.4 Å². The lowest BCUT2D eigenvalue weighted by Gasteiger charge is -2.22. The van der Waals surface area contributed by atoms with Crippen molar-refractivity contribution in [2.45, 2.75) is 56.9 Å². The molecule has 6 nitrogen and oxygen atoms in total. The van der Waals surface area contributed by atoms with Gasteiger partial charge in [0.2, 0.25) is 15.0 Å². The second kappa shape index (κ2) is 10.0. The number of rotatable bonds is 10. The molecule has 8 heteroatoms. The van der Waals surface area contributed by atoms with Gasteiger partial charge in [-0.15, -0.1) is 11.3 Å². The topological polar surface area (TPSA) is 64.4 Å². The Bertz CT molecular complexity index is 825. The summed E-state index contributed by atoms with van der Waals surface area (Å²) in [6.07, 6.45) is 7.23. The Balaban J connectivity index is 1.76. The zero-order chi connectivity index (χ0) is 20.0. The number of aromatic nitrogens is 2. The zero-order valence-corrected chi connectivity index (χ0v) is 18.5. The van der Waals surface area contributed by atoms with Gasteiger partial charge in [-0.3, -0.25) is 4.90 Å². The summed E-state index contributed by atoms with van der Waals surface area (Å²) >= 11 is 1.73. The fourth-order valence-electron chi connectivity index (χ4n) is 3.93. The van der Waals surface area contributed by atoms with Gasteiger partial charge < -0.3 is 9.30 Å². The third kappa shape index (κ3) is 5.65. The molecule has 2 heterocycles. The largest absolute Gasteiger partial charge is 0.383 e. The average Bonchev–Trinajstić information content (AvgIpc) is 3.30. The van der Waals surface area contributed by atoms with E-state index < -0.39 is 9.84 Å². The van der Waals surface area contributed by atoms with Gasteiger partial charge in [0.15, 0.2) is 0 Å². The molecule has 0 saturated heterocycles. The Hall–Kier alpha value is -1.22. The quantitative estimate of drug-likeness (QED) is 0.582. The molecule has 3 rings (SSSR count). The third-order valence-corrected chi connectivity index (χ3v) is 7.97. The molecule has 0 spiro atoms. The molecule has 0 radical (unpaired) electrons. The predicted octanol–water partition coefficient (Wildman–Crippen LogP) is 3.58. The zero-order valence-electron chi connectivity index (χ0n) is 16.8. The molecule has 2 aromatic rings. The molecule has 1 aliphatic rings. The number of thiophene rings is 1. The average molecular weight is 426 g/mol. The minimum Gasteiger partial charge on any atom is -0.383 e. The Morgan fingerprint density at radius 3 is 2.75 bits per heavy atom. The van der Waals surface area contributed by atoms with Gasteiger partial charge in [-0.05, 0) is 37.3 Å². The highest BCUT2D eigenvalue weighted by molar-refractivity contribution is 7.91. The molecule has 0 unspecified atom stereocenters. The number of methoxy groups -OCH3 is 1. The van der Waals surface area contributed by atoms with Gasteiger partial charge in [0.25, 0.3) is 0 Å². The number of hydrogen-bond donors (Lipinski definition) is 0. The van der Waals surface area contributed by atoms with E-state index in [0.29, 0.717) is 19.7 Å². The van der Waals surface area contributed by atoms with E-state index in [0.717, 1.165) is 37.9 Å². The molecule has 1 saturated carbocycles. The van der Waals surface area contributed by atoms with Crippen molar-refractivity contribution in [1.82, 2.24) is 14.5 Å². The predicted molar refractivity (Wildman–Crippen MR) is 112 cm³/mol. The molecule has 0 amide bonds. The van der Waals surface area contributed by atoms with E-state index in [1.54, 1.807) is 24.6 Å². The number of hydrogen-bond acceptors (Lipinski definition) is 6. The summed E-state index contributed by atoms with van der Waals surface area (Å²) in [5.41, 5.74) is 0.915. The highest BCUT2D eigenvalue weighted by Gasteiger charge is 2.28. The molecule has 0 bridgehead atoms. The van der Waals surface area contributed by atoms with Crippen molar-refractivity contribution in [3.63, 3.8) is 0 Å². The van der Waals surface area contributed by atoms with Crippen LogP contribution in [0.25, 0.3) is 0 Å². The van der Waals surface area contributed by atoms with Crippen LogP contribution in [0.3, 0.4) is 0 Å². The summed E-state index contributed by atoms with van der Waals surface area (Å²) in [6, 6.07) is 4.16. The molecule has 2 aromatic heterocycles. The van der Waals surface area contributed by atoms with Crippen LogP contribution in [0.5, 0.6) is 0 Å². The van der Waals surface area contributed by atoms with Gasteiger partial charge >= 0.3 is 0 Å². The summed E-state index contributed by atoms with van der Waals surface area (Å²) < 4.78 is 33.3. The monoisotopic (exact) mass is 425 g/mol. The molecule has 156 valence electrons. The molecule has 1 aliphatic carbocycles. The lowest BCUT2D eigenvalue weighted by atomic mass is 9.91. The highest BCUT2D eigenvalue weighted by atomic mass is 32.2. The normalized spacial score (nSPS) is 16.1. The van der Waals surface area contributed by atoms with Crippen molar-refractivity contribution in [2.24, 2.45) is 5.92 Å². The van der Waals surface area contributed by atoms with Crippen molar-refractivity contribution in [1.29, 1.82) is 0 Å². The van der Waals surface area contributed by atoms with Crippen LogP contribution in [0, 0.1) is 5.92 Å². The molecular formula is C20H31N3O3S2. The van der Waals surface area contributed by atoms with Gasteiger partial charge in [-0.25, -0.2) is 13.4 Å². The maximum atomic E-state index is 13.1. The molecule has 0 aliphatic heterocycles. The minimum absolute atomic E-state index is 0.203. The summed E-state index contributed by atoms with van der Waals surface area (Å²) in [5.74, 6) is 0.470. The van der Waals surface area contributed by atoms with Gasteiger partial charge in [0, 0.05) is 31.6 Å². The van der Waals surface area contributed by atoms with E-state index in [-0.39, 0.29) is 16.8 Å². The van der Waals surface area contributed by atoms with E-state index in [4.69, 9.17) is 4.74 Å². The summed E-state index contributed by atoms with van der Waals surface area (Å²) in [4.78, 5) is 7.82. The summed E-state index contributed by atoms with van der Waals surface area (Å²) in [6.45, 7) is 2.44. The Kier molecular flexibility index (Phi) is 7.68. The Morgan fingerprint density at radius 2 is 2.07 bits per heavy atom. The minimum atomic E-state index is -3.41. The van der Waals surface area contributed by atoms with E-state index in [9.17, 15) is 8.42 Å². The summed E-state index contributed by atoms with van der Waals surface area (Å²) in [7, 11) is 0.274. The van der Waals surface area contributed by atoms with E-state index in [1.807, 2.05) is 17.7 Å². The van der Waals surface area contributed by atoms with Crippen LogP contribution in [0.2, 0.25) is 0 Å². The first-order chi connectivity index (χ1) is 13.5. The second-order valence-electron chi connectivity index (χ2n) is 7.71. The fraction of sp³-hybridized carbons (Fsp3) is 0.650. The first-order valence-corrected chi connectivity index (χ1v) is 12.5.